The van der Waals surface area contributed by atoms with E-state index < -0.39 is 0 Å². The van der Waals surface area contributed by atoms with Crippen LogP contribution in [0.25, 0.3) is 0 Å². The van der Waals surface area contributed by atoms with Crippen molar-refractivity contribution in [3.05, 3.63) is 12.7 Å². The fourth-order valence-electron chi connectivity index (χ4n) is 0. The predicted octanol–water partition coefficient (Wildman–Crippen LogP) is 2.85. The lowest BCUT2D eigenvalue weighted by atomic mass is 9.98. The molecule has 0 saturated heterocycles. The highest BCUT2D eigenvalue weighted by atomic mass is 14.0. The standard InChI is InChI=1S/C6H12.CH4/c1-5-6(2,3)4;/h5H,1H2,2-4H3;1H4. The second kappa shape index (κ2) is 2.84. The smallest absolute Gasteiger partial charge is 0.0206 e. The molecule has 0 bridgehead atoms. The molecule has 0 atom stereocenters. The summed E-state index contributed by atoms with van der Waals surface area (Å²) in [4.78, 5) is 0. The highest BCUT2D eigenvalue weighted by Crippen LogP contribution is 2.11. The van der Waals surface area contributed by atoms with E-state index in [1.165, 1.54) is 0 Å². The molecule has 0 aromatic heterocycles. The maximum absolute atomic E-state index is 3.63. The Balaban J connectivity index is 0. The minimum Gasteiger partial charge on any atom is -0.103 e. The van der Waals surface area contributed by atoms with Gasteiger partial charge in [0, 0.05) is 0 Å². The van der Waals surface area contributed by atoms with Crippen molar-refractivity contribution in [2.75, 3.05) is 0 Å². The van der Waals surface area contributed by atoms with Crippen molar-refractivity contribution < 1.29 is 0 Å². The molecule has 0 aromatic carbocycles. The summed E-state index contributed by atoms with van der Waals surface area (Å²) >= 11 is 0. The number of hydrogen-bond acceptors (Lipinski definition) is 0. The van der Waals surface area contributed by atoms with Gasteiger partial charge in [0.25, 0.3) is 0 Å². The molecule has 0 N–H and O–H groups in total. The second-order valence-electron chi connectivity index (χ2n) is 2.57. The molecule has 0 heteroatoms. The molecular formula is C7H16. The van der Waals surface area contributed by atoms with Gasteiger partial charge in [-0.1, -0.05) is 34.3 Å². The molecule has 0 radical (unpaired) electrons. The number of hydrogen-bond donors (Lipinski definition) is 0. The predicted molar refractivity (Wildman–Crippen MR) is 36.4 cm³/mol. The van der Waals surface area contributed by atoms with Gasteiger partial charge in [-0.05, 0) is 5.41 Å². The van der Waals surface area contributed by atoms with Crippen molar-refractivity contribution >= 4 is 0 Å². The van der Waals surface area contributed by atoms with Crippen molar-refractivity contribution in [2.24, 2.45) is 5.41 Å². The summed E-state index contributed by atoms with van der Waals surface area (Å²) in [5, 5.41) is 0. The van der Waals surface area contributed by atoms with Gasteiger partial charge in [0.1, 0.15) is 0 Å². The summed E-state index contributed by atoms with van der Waals surface area (Å²) in [5.41, 5.74) is 0.306. The normalized spacial score (nSPS) is 9.57. The van der Waals surface area contributed by atoms with E-state index in [0.717, 1.165) is 0 Å². The van der Waals surface area contributed by atoms with Gasteiger partial charge in [-0.2, -0.15) is 0 Å². The molecule has 0 rings (SSSR count). The zero-order valence-electron chi connectivity index (χ0n) is 4.78. The average molecular weight is 100 g/mol. The second-order valence-corrected chi connectivity index (χ2v) is 2.57. The van der Waals surface area contributed by atoms with Crippen molar-refractivity contribution in [1.29, 1.82) is 0 Å². The van der Waals surface area contributed by atoms with Crippen molar-refractivity contribution in [2.45, 2.75) is 28.2 Å². The van der Waals surface area contributed by atoms with E-state index in [1.807, 2.05) is 6.08 Å². The van der Waals surface area contributed by atoms with Crippen LogP contribution in [0, 0.1) is 5.41 Å². The van der Waals surface area contributed by atoms with E-state index in [0.29, 0.717) is 5.41 Å². The van der Waals surface area contributed by atoms with Crippen molar-refractivity contribution in [1.82, 2.24) is 0 Å². The van der Waals surface area contributed by atoms with E-state index in [1.54, 1.807) is 0 Å². The van der Waals surface area contributed by atoms with Crippen LogP contribution < -0.4 is 0 Å². The van der Waals surface area contributed by atoms with Gasteiger partial charge in [0.05, 0.1) is 0 Å². The molecule has 0 spiro atoms. The van der Waals surface area contributed by atoms with Crippen LogP contribution in [0.15, 0.2) is 12.7 Å². The van der Waals surface area contributed by atoms with Gasteiger partial charge >= 0.3 is 0 Å². The van der Waals surface area contributed by atoms with Crippen molar-refractivity contribution in [3.63, 3.8) is 0 Å². The largest absolute Gasteiger partial charge is 0.103 e. The van der Waals surface area contributed by atoms with Gasteiger partial charge in [-0.3, -0.25) is 0 Å². The van der Waals surface area contributed by atoms with Gasteiger partial charge in [-0.15, -0.1) is 6.58 Å². The Morgan fingerprint density at radius 1 is 1.29 bits per heavy atom. The first kappa shape index (κ1) is 9.88. The molecule has 0 heterocycles. The zero-order valence-corrected chi connectivity index (χ0v) is 4.78. The molecule has 0 saturated carbocycles. The molecule has 44 valence electrons. The third-order valence-corrected chi connectivity index (χ3v) is 0.612. The molecule has 0 aliphatic rings. The van der Waals surface area contributed by atoms with Crippen LogP contribution in [0.5, 0.6) is 0 Å². The molecule has 0 aliphatic carbocycles. The molecule has 0 aliphatic heterocycles. The van der Waals surface area contributed by atoms with Crippen LogP contribution in [0.3, 0.4) is 0 Å². The number of allylic oxidation sites excluding steroid dienone is 1. The average Bonchev–Trinajstić information content (AvgIpc) is 1.35. The van der Waals surface area contributed by atoms with Crippen LogP contribution in [0.4, 0.5) is 0 Å². The SMILES string of the molecule is C.C=CC(C)(C)C. The Morgan fingerprint density at radius 3 is 1.43 bits per heavy atom. The summed E-state index contributed by atoms with van der Waals surface area (Å²) in [6, 6.07) is 0. The lowest BCUT2D eigenvalue weighted by molar-refractivity contribution is 0.546. The molecule has 0 amide bonds. The monoisotopic (exact) mass is 100 g/mol. The third kappa shape index (κ3) is 10.7. The maximum atomic E-state index is 3.63. The van der Waals surface area contributed by atoms with E-state index in [4.69, 9.17) is 0 Å². The van der Waals surface area contributed by atoms with Crippen LogP contribution in [-0.4, -0.2) is 0 Å². The van der Waals surface area contributed by atoms with E-state index in [2.05, 4.69) is 27.4 Å². The Hall–Kier alpha value is -0.260. The van der Waals surface area contributed by atoms with E-state index in [-0.39, 0.29) is 7.43 Å². The third-order valence-electron chi connectivity index (χ3n) is 0.612. The highest BCUT2D eigenvalue weighted by Gasteiger charge is 1.99. The van der Waals surface area contributed by atoms with E-state index >= 15 is 0 Å². The Bertz CT molecular complexity index is 45.5. The first-order valence-corrected chi connectivity index (χ1v) is 2.20. The van der Waals surface area contributed by atoms with Crippen molar-refractivity contribution in [3.8, 4) is 0 Å². The van der Waals surface area contributed by atoms with Crippen LogP contribution in [-0.2, 0) is 0 Å². The molecule has 7 heavy (non-hydrogen) atoms. The fourth-order valence-corrected chi connectivity index (χ4v) is 0. The topological polar surface area (TPSA) is 0 Å². The summed E-state index contributed by atoms with van der Waals surface area (Å²) in [6.07, 6.45) is 1.94. The molecule has 0 fully saturated rings. The summed E-state index contributed by atoms with van der Waals surface area (Å²) < 4.78 is 0. The van der Waals surface area contributed by atoms with E-state index in [9.17, 15) is 0 Å². The molecule has 0 nitrogen and oxygen atoms in total. The summed E-state index contributed by atoms with van der Waals surface area (Å²) in [5.74, 6) is 0. The van der Waals surface area contributed by atoms with Crippen LogP contribution in [0.2, 0.25) is 0 Å². The Morgan fingerprint density at radius 2 is 1.43 bits per heavy atom. The minimum atomic E-state index is 0. The zero-order chi connectivity index (χ0) is 5.21. The Labute approximate surface area is 47.2 Å². The Kier molecular flexibility index (Phi) is 4.01. The summed E-state index contributed by atoms with van der Waals surface area (Å²) in [6.45, 7) is 10.0. The van der Waals surface area contributed by atoms with Gasteiger partial charge in [0.15, 0.2) is 0 Å². The molecular weight excluding hydrogens is 84.1 g/mol. The van der Waals surface area contributed by atoms with Gasteiger partial charge < -0.3 is 0 Å². The van der Waals surface area contributed by atoms with Crippen LogP contribution in [0.1, 0.15) is 28.2 Å². The van der Waals surface area contributed by atoms with Gasteiger partial charge in [-0.25, -0.2) is 0 Å². The summed E-state index contributed by atoms with van der Waals surface area (Å²) in [7, 11) is 0. The molecule has 0 aromatic rings. The van der Waals surface area contributed by atoms with Gasteiger partial charge in [0.2, 0.25) is 0 Å². The quantitative estimate of drug-likeness (QED) is 0.411. The van der Waals surface area contributed by atoms with Crippen LogP contribution >= 0.6 is 0 Å². The lowest BCUT2D eigenvalue weighted by Crippen LogP contribution is -1.96. The minimum absolute atomic E-state index is 0. The number of rotatable bonds is 0. The molecule has 0 unspecified atom stereocenters. The maximum Gasteiger partial charge on any atom is -0.0206 e. The highest BCUT2D eigenvalue weighted by molar-refractivity contribution is 4.82. The first-order chi connectivity index (χ1) is 2.56. The first-order valence-electron chi connectivity index (χ1n) is 2.20. The fraction of sp³-hybridized carbons (Fsp3) is 0.714. The lowest BCUT2D eigenvalue weighted by Gasteiger charge is -2.08.